The highest BCUT2D eigenvalue weighted by molar-refractivity contribution is 7.10. The molecule has 0 fully saturated rings. The van der Waals surface area contributed by atoms with E-state index in [-0.39, 0.29) is 11.2 Å². The highest BCUT2D eigenvalue weighted by Gasteiger charge is 2.14. The molecule has 86 valence electrons. The van der Waals surface area contributed by atoms with E-state index in [0.29, 0.717) is 10.6 Å². The average molecular weight is 265 g/mol. The van der Waals surface area contributed by atoms with Crippen molar-refractivity contribution in [2.75, 3.05) is 5.32 Å². The summed E-state index contributed by atoms with van der Waals surface area (Å²) in [6, 6.07) is 7.74. The second-order valence-corrected chi connectivity index (χ2v) is 4.54. The molecule has 2 aromatic rings. The lowest BCUT2D eigenvalue weighted by molar-refractivity contribution is 0.842. The smallest absolute Gasteiger partial charge is 0.162 e. The molecule has 6 heteroatoms. The standard InChI is InChI=1S/C11H9ClN4S/c1-7(9-4-2-3-5-14-9)15-11-8(6-13)10(12)16-17-11/h2-5,7,15H,1H3. The van der Waals surface area contributed by atoms with Gasteiger partial charge in [-0.1, -0.05) is 17.7 Å². The lowest BCUT2D eigenvalue weighted by Gasteiger charge is -2.12. The third kappa shape index (κ3) is 2.54. The van der Waals surface area contributed by atoms with Crippen LogP contribution in [0.1, 0.15) is 24.2 Å². The summed E-state index contributed by atoms with van der Waals surface area (Å²) < 4.78 is 3.94. The summed E-state index contributed by atoms with van der Waals surface area (Å²) >= 11 is 6.98. The molecule has 1 atom stereocenters. The van der Waals surface area contributed by atoms with Crippen molar-refractivity contribution in [2.24, 2.45) is 0 Å². The number of nitrogens with one attached hydrogen (secondary N) is 1. The first-order chi connectivity index (χ1) is 8.22. The van der Waals surface area contributed by atoms with Gasteiger partial charge in [-0.2, -0.15) is 9.64 Å². The zero-order valence-electron chi connectivity index (χ0n) is 9.01. The third-order valence-corrected chi connectivity index (χ3v) is 3.39. The lowest BCUT2D eigenvalue weighted by atomic mass is 10.2. The molecule has 0 aliphatic heterocycles. The Balaban J connectivity index is 2.19. The second-order valence-electron chi connectivity index (χ2n) is 3.41. The topological polar surface area (TPSA) is 61.6 Å². The number of aromatic nitrogens is 2. The quantitative estimate of drug-likeness (QED) is 0.924. The molecule has 0 aliphatic carbocycles. The van der Waals surface area contributed by atoms with E-state index in [2.05, 4.69) is 14.7 Å². The van der Waals surface area contributed by atoms with Gasteiger partial charge in [0, 0.05) is 6.20 Å². The fourth-order valence-electron chi connectivity index (χ4n) is 1.37. The van der Waals surface area contributed by atoms with Gasteiger partial charge in [0.15, 0.2) is 5.15 Å². The van der Waals surface area contributed by atoms with E-state index in [1.807, 2.05) is 31.2 Å². The number of pyridine rings is 1. The number of anilines is 1. The summed E-state index contributed by atoms with van der Waals surface area (Å²) in [5, 5.41) is 13.1. The molecule has 0 aliphatic rings. The number of hydrogen-bond acceptors (Lipinski definition) is 5. The van der Waals surface area contributed by atoms with Crippen LogP contribution in [0.4, 0.5) is 5.00 Å². The molecular weight excluding hydrogens is 256 g/mol. The summed E-state index contributed by atoms with van der Waals surface area (Å²) in [6.07, 6.45) is 1.73. The Bertz CT molecular complexity index is 546. The number of nitrogens with zero attached hydrogens (tertiary/aromatic N) is 3. The van der Waals surface area contributed by atoms with Gasteiger partial charge in [-0.15, -0.1) is 0 Å². The molecule has 0 spiro atoms. The molecule has 17 heavy (non-hydrogen) atoms. The zero-order chi connectivity index (χ0) is 12.3. The van der Waals surface area contributed by atoms with Crippen LogP contribution < -0.4 is 5.32 Å². The third-order valence-electron chi connectivity index (χ3n) is 2.24. The van der Waals surface area contributed by atoms with Crippen molar-refractivity contribution in [3.8, 4) is 6.07 Å². The lowest BCUT2D eigenvalue weighted by Crippen LogP contribution is -2.07. The van der Waals surface area contributed by atoms with Crippen LogP contribution in [0.25, 0.3) is 0 Å². The summed E-state index contributed by atoms with van der Waals surface area (Å²) in [4.78, 5) is 4.24. The van der Waals surface area contributed by atoms with Crippen molar-refractivity contribution in [3.63, 3.8) is 0 Å². The van der Waals surface area contributed by atoms with E-state index in [4.69, 9.17) is 16.9 Å². The van der Waals surface area contributed by atoms with E-state index in [9.17, 15) is 0 Å². The maximum absolute atomic E-state index is 8.95. The van der Waals surface area contributed by atoms with Crippen LogP contribution in [0, 0.1) is 11.3 Å². The van der Waals surface area contributed by atoms with Gasteiger partial charge in [0.1, 0.15) is 16.6 Å². The normalized spacial score (nSPS) is 11.8. The fourth-order valence-corrected chi connectivity index (χ4v) is 2.39. The molecule has 0 amide bonds. The van der Waals surface area contributed by atoms with Crippen molar-refractivity contribution in [1.29, 1.82) is 5.26 Å². The summed E-state index contributed by atoms with van der Waals surface area (Å²) in [6.45, 7) is 1.97. The first-order valence-corrected chi connectivity index (χ1v) is 6.10. The predicted octanol–water partition coefficient (Wildman–Crippen LogP) is 3.24. The largest absolute Gasteiger partial charge is 0.366 e. The van der Waals surface area contributed by atoms with Gasteiger partial charge in [0.2, 0.25) is 0 Å². The molecule has 1 N–H and O–H groups in total. The molecule has 0 saturated carbocycles. The minimum Gasteiger partial charge on any atom is -0.366 e. The first-order valence-electron chi connectivity index (χ1n) is 4.95. The zero-order valence-corrected chi connectivity index (χ0v) is 10.6. The molecule has 0 bridgehead atoms. The second kappa shape index (κ2) is 5.13. The predicted molar refractivity (Wildman–Crippen MR) is 68.1 cm³/mol. The van der Waals surface area contributed by atoms with Crippen LogP contribution in [0.3, 0.4) is 0 Å². The van der Waals surface area contributed by atoms with Crippen LogP contribution in [0.15, 0.2) is 24.4 Å². The van der Waals surface area contributed by atoms with Crippen LogP contribution in [-0.4, -0.2) is 9.36 Å². The summed E-state index contributed by atoms with van der Waals surface area (Å²) in [7, 11) is 0. The van der Waals surface area contributed by atoms with Gasteiger partial charge >= 0.3 is 0 Å². The SMILES string of the molecule is CC(Nc1snc(Cl)c1C#N)c1ccccn1. The highest BCUT2D eigenvalue weighted by Crippen LogP contribution is 2.30. The average Bonchev–Trinajstić information content (AvgIpc) is 2.71. The van der Waals surface area contributed by atoms with Crippen LogP contribution >= 0.6 is 23.1 Å². The summed E-state index contributed by atoms with van der Waals surface area (Å²) in [5.74, 6) is 0. The maximum Gasteiger partial charge on any atom is 0.162 e. The minimum absolute atomic E-state index is 0.000170. The van der Waals surface area contributed by atoms with Crippen molar-refractivity contribution in [3.05, 3.63) is 40.8 Å². The molecular formula is C11H9ClN4S. The molecule has 1 unspecified atom stereocenters. The Labute approximate surface area is 108 Å². The van der Waals surface area contributed by atoms with Gasteiger partial charge in [-0.25, -0.2) is 0 Å². The minimum atomic E-state index is -0.000170. The fraction of sp³-hybridized carbons (Fsp3) is 0.182. The van der Waals surface area contributed by atoms with Gasteiger partial charge in [-0.05, 0) is 30.6 Å². The Kier molecular flexibility index (Phi) is 3.57. The molecule has 0 aromatic carbocycles. The Morgan fingerprint density at radius 3 is 3.00 bits per heavy atom. The molecule has 2 rings (SSSR count). The Morgan fingerprint density at radius 2 is 2.35 bits per heavy atom. The molecule has 4 nitrogen and oxygen atoms in total. The van der Waals surface area contributed by atoms with Crippen molar-refractivity contribution in [2.45, 2.75) is 13.0 Å². The maximum atomic E-state index is 8.95. The molecule has 0 saturated heterocycles. The van der Waals surface area contributed by atoms with Crippen LogP contribution in [-0.2, 0) is 0 Å². The van der Waals surface area contributed by atoms with Gasteiger partial charge in [0.25, 0.3) is 0 Å². The Hall–Kier alpha value is -1.64. The van der Waals surface area contributed by atoms with Gasteiger partial charge < -0.3 is 5.32 Å². The van der Waals surface area contributed by atoms with E-state index < -0.39 is 0 Å². The van der Waals surface area contributed by atoms with Crippen LogP contribution in [0.2, 0.25) is 5.15 Å². The van der Waals surface area contributed by atoms with Crippen molar-refractivity contribution in [1.82, 2.24) is 9.36 Å². The molecule has 0 radical (unpaired) electrons. The van der Waals surface area contributed by atoms with E-state index in [1.165, 1.54) is 11.5 Å². The van der Waals surface area contributed by atoms with Crippen molar-refractivity contribution >= 4 is 28.1 Å². The van der Waals surface area contributed by atoms with Crippen molar-refractivity contribution < 1.29 is 0 Å². The monoisotopic (exact) mass is 264 g/mol. The number of nitriles is 1. The number of halogens is 1. The number of hydrogen-bond donors (Lipinski definition) is 1. The number of rotatable bonds is 3. The van der Waals surface area contributed by atoms with Gasteiger partial charge in [-0.3, -0.25) is 4.98 Å². The van der Waals surface area contributed by atoms with E-state index >= 15 is 0 Å². The first kappa shape index (κ1) is 11.8. The van der Waals surface area contributed by atoms with Crippen LogP contribution in [0.5, 0.6) is 0 Å². The summed E-state index contributed by atoms with van der Waals surface area (Å²) in [5.41, 5.74) is 1.29. The Morgan fingerprint density at radius 1 is 1.53 bits per heavy atom. The van der Waals surface area contributed by atoms with Gasteiger partial charge in [0.05, 0.1) is 11.7 Å². The van der Waals surface area contributed by atoms with E-state index in [1.54, 1.807) is 6.20 Å². The molecule has 2 aromatic heterocycles. The molecule has 2 heterocycles. The van der Waals surface area contributed by atoms with E-state index in [0.717, 1.165) is 5.69 Å². The highest BCUT2D eigenvalue weighted by atomic mass is 35.5.